The second kappa shape index (κ2) is 10.1. The van der Waals surface area contributed by atoms with Gasteiger partial charge in [-0.25, -0.2) is 4.98 Å². The fraction of sp³-hybridized carbons (Fsp3) is 0.458. The summed E-state index contributed by atoms with van der Waals surface area (Å²) in [5.41, 5.74) is 6.38. The Bertz CT molecular complexity index is 1230. The van der Waals surface area contributed by atoms with Crippen LogP contribution >= 0.6 is 0 Å². The van der Waals surface area contributed by atoms with Crippen LogP contribution in [0.2, 0.25) is 0 Å². The predicted octanol–water partition coefficient (Wildman–Crippen LogP) is 0.907. The summed E-state index contributed by atoms with van der Waals surface area (Å²) in [5, 5.41) is 12.4. The van der Waals surface area contributed by atoms with E-state index in [0.717, 1.165) is 18.4 Å². The zero-order chi connectivity index (χ0) is 24.2. The number of primary amides is 1. The number of nitrogens with two attached hydrogens (primary N) is 1. The Hall–Kier alpha value is -3.71. The number of anilines is 1. The Labute approximate surface area is 197 Å². The van der Waals surface area contributed by atoms with E-state index in [4.69, 9.17) is 15.5 Å². The van der Waals surface area contributed by atoms with E-state index in [1.165, 1.54) is 10.5 Å². The second-order valence-corrected chi connectivity index (χ2v) is 8.72. The highest BCUT2D eigenvalue weighted by Crippen LogP contribution is 2.26. The number of carbonyl (C=O) groups is 2. The van der Waals surface area contributed by atoms with Crippen molar-refractivity contribution in [2.45, 2.75) is 38.7 Å². The summed E-state index contributed by atoms with van der Waals surface area (Å²) in [6.45, 7) is 3.79. The van der Waals surface area contributed by atoms with E-state index in [1.54, 1.807) is 12.3 Å². The Morgan fingerprint density at radius 1 is 1.35 bits per heavy atom. The molecule has 2 aromatic rings. The van der Waals surface area contributed by atoms with Gasteiger partial charge in [-0.3, -0.25) is 18.8 Å². The van der Waals surface area contributed by atoms with Gasteiger partial charge in [0.15, 0.2) is 0 Å². The van der Waals surface area contributed by atoms with Crippen molar-refractivity contribution in [2.75, 3.05) is 31.1 Å². The van der Waals surface area contributed by atoms with E-state index in [1.807, 2.05) is 24.0 Å². The Morgan fingerprint density at radius 2 is 2.12 bits per heavy atom. The molecule has 2 aliphatic rings. The van der Waals surface area contributed by atoms with E-state index in [0.29, 0.717) is 50.5 Å². The third kappa shape index (κ3) is 4.79. The molecule has 10 heteroatoms. The lowest BCUT2D eigenvalue weighted by atomic mass is 9.96. The smallest absolute Gasteiger partial charge is 0.267 e. The molecule has 0 bridgehead atoms. The van der Waals surface area contributed by atoms with E-state index >= 15 is 0 Å². The standard InChI is InChI=1S/C24H28N6O4/c1-15-4-2-8-30-21(15)28-22(29-9-6-16(7-10-29)20(26)31)19(24(30)33)12-17(13-25)23(32)27-14-18-5-3-11-34-18/h2,4,8,12,16,18H,3,5-7,9-11,14H2,1H3,(H2,26,31)(H,27,32)/b17-12+/t18-/m0/s1. The van der Waals surface area contributed by atoms with Gasteiger partial charge in [0.1, 0.15) is 23.1 Å². The van der Waals surface area contributed by atoms with Crippen molar-refractivity contribution in [3.05, 3.63) is 45.4 Å². The predicted molar refractivity (Wildman–Crippen MR) is 126 cm³/mol. The van der Waals surface area contributed by atoms with E-state index in [-0.39, 0.29) is 34.6 Å². The number of amides is 2. The number of rotatable bonds is 6. The summed E-state index contributed by atoms with van der Waals surface area (Å²) >= 11 is 0. The van der Waals surface area contributed by atoms with Crippen molar-refractivity contribution >= 4 is 29.4 Å². The number of nitrogens with zero attached hydrogens (tertiary/aromatic N) is 4. The number of aryl methyl sites for hydroxylation is 1. The molecule has 0 saturated carbocycles. The van der Waals surface area contributed by atoms with Crippen LogP contribution in [-0.4, -0.2) is 53.5 Å². The number of ether oxygens (including phenoxy) is 1. The third-order valence-electron chi connectivity index (χ3n) is 6.43. The van der Waals surface area contributed by atoms with Gasteiger partial charge in [0.05, 0.1) is 11.7 Å². The van der Waals surface area contributed by atoms with Crippen molar-refractivity contribution in [2.24, 2.45) is 11.7 Å². The van der Waals surface area contributed by atoms with E-state index in [2.05, 4.69) is 5.32 Å². The van der Waals surface area contributed by atoms with Crippen LogP contribution in [0.1, 0.15) is 36.8 Å². The minimum absolute atomic E-state index is 0.0676. The molecule has 2 aromatic heterocycles. The zero-order valence-corrected chi connectivity index (χ0v) is 19.1. The summed E-state index contributed by atoms with van der Waals surface area (Å²) in [7, 11) is 0. The van der Waals surface area contributed by atoms with Crippen molar-refractivity contribution in [1.29, 1.82) is 5.26 Å². The van der Waals surface area contributed by atoms with Crippen LogP contribution in [-0.2, 0) is 14.3 Å². The monoisotopic (exact) mass is 464 g/mol. The minimum atomic E-state index is -0.565. The molecule has 1 atom stereocenters. The van der Waals surface area contributed by atoms with E-state index < -0.39 is 5.91 Å². The number of hydrogen-bond acceptors (Lipinski definition) is 7. The second-order valence-electron chi connectivity index (χ2n) is 8.72. The molecule has 178 valence electrons. The molecule has 3 N–H and O–H groups in total. The molecule has 2 amide bonds. The number of fused-ring (bicyclic) bond motifs is 1. The van der Waals surface area contributed by atoms with E-state index in [9.17, 15) is 19.6 Å². The van der Waals surface area contributed by atoms with Crippen LogP contribution in [0.4, 0.5) is 5.82 Å². The van der Waals surface area contributed by atoms with Gasteiger partial charge in [0, 0.05) is 38.4 Å². The molecule has 34 heavy (non-hydrogen) atoms. The van der Waals surface area contributed by atoms with Gasteiger partial charge in [-0.1, -0.05) is 6.07 Å². The van der Waals surface area contributed by atoms with Crippen molar-refractivity contribution in [1.82, 2.24) is 14.7 Å². The number of nitriles is 1. The molecule has 0 radical (unpaired) electrons. The van der Waals surface area contributed by atoms with Gasteiger partial charge in [-0.15, -0.1) is 0 Å². The number of nitrogens with one attached hydrogen (secondary N) is 1. The van der Waals surface area contributed by atoms with Crippen molar-refractivity contribution < 1.29 is 14.3 Å². The maximum atomic E-state index is 13.5. The first-order valence-corrected chi connectivity index (χ1v) is 11.5. The minimum Gasteiger partial charge on any atom is -0.376 e. The highest BCUT2D eigenvalue weighted by Gasteiger charge is 2.27. The van der Waals surface area contributed by atoms with Gasteiger partial charge in [0.2, 0.25) is 5.91 Å². The molecule has 4 rings (SSSR count). The Morgan fingerprint density at radius 3 is 2.76 bits per heavy atom. The lowest BCUT2D eigenvalue weighted by molar-refractivity contribution is -0.122. The molecule has 0 spiro atoms. The highest BCUT2D eigenvalue weighted by molar-refractivity contribution is 6.02. The fourth-order valence-electron chi connectivity index (χ4n) is 4.44. The molecular weight excluding hydrogens is 436 g/mol. The number of piperidine rings is 1. The molecule has 2 saturated heterocycles. The molecule has 0 unspecified atom stereocenters. The first-order valence-electron chi connectivity index (χ1n) is 11.5. The number of carbonyl (C=O) groups excluding carboxylic acids is 2. The summed E-state index contributed by atoms with van der Waals surface area (Å²) in [5.74, 6) is -0.736. The fourth-order valence-corrected chi connectivity index (χ4v) is 4.44. The number of pyridine rings is 1. The Balaban J connectivity index is 1.72. The van der Waals surface area contributed by atoms with Gasteiger partial charge in [0.25, 0.3) is 11.5 Å². The largest absolute Gasteiger partial charge is 0.376 e. The van der Waals surface area contributed by atoms with Gasteiger partial charge < -0.3 is 20.7 Å². The SMILES string of the molecule is Cc1cccn2c(=O)c(/C=C(\C#N)C(=O)NC[C@@H]3CCCO3)c(N3CCC(C(N)=O)CC3)nc12. The lowest BCUT2D eigenvalue weighted by Crippen LogP contribution is -2.40. The van der Waals surface area contributed by atoms with Gasteiger partial charge >= 0.3 is 0 Å². The Kier molecular flexibility index (Phi) is 6.93. The first kappa shape index (κ1) is 23.4. The molecular formula is C24H28N6O4. The summed E-state index contributed by atoms with van der Waals surface area (Å²) in [4.78, 5) is 44.4. The van der Waals surface area contributed by atoms with Crippen LogP contribution in [0, 0.1) is 24.2 Å². The highest BCUT2D eigenvalue weighted by atomic mass is 16.5. The average molecular weight is 465 g/mol. The van der Waals surface area contributed by atoms with Crippen LogP contribution in [0.15, 0.2) is 28.7 Å². The van der Waals surface area contributed by atoms with Crippen molar-refractivity contribution in [3.8, 4) is 6.07 Å². The average Bonchev–Trinajstić information content (AvgIpc) is 3.36. The molecule has 0 aromatic carbocycles. The quantitative estimate of drug-likeness (QED) is 0.478. The first-order chi connectivity index (χ1) is 16.4. The van der Waals surface area contributed by atoms with Gasteiger partial charge in [-0.05, 0) is 50.3 Å². The third-order valence-corrected chi connectivity index (χ3v) is 6.43. The topological polar surface area (TPSA) is 143 Å². The molecule has 0 aliphatic carbocycles. The number of hydrogen-bond donors (Lipinski definition) is 2. The van der Waals surface area contributed by atoms with Crippen LogP contribution in [0.3, 0.4) is 0 Å². The van der Waals surface area contributed by atoms with Crippen molar-refractivity contribution in [3.63, 3.8) is 0 Å². The maximum absolute atomic E-state index is 13.5. The lowest BCUT2D eigenvalue weighted by Gasteiger charge is -2.32. The van der Waals surface area contributed by atoms with Gasteiger partial charge in [-0.2, -0.15) is 5.26 Å². The summed E-state index contributed by atoms with van der Waals surface area (Å²) in [6.07, 6.45) is 5.73. The molecule has 10 nitrogen and oxygen atoms in total. The summed E-state index contributed by atoms with van der Waals surface area (Å²) in [6, 6.07) is 5.52. The molecule has 2 aliphatic heterocycles. The van der Waals surface area contributed by atoms with Crippen LogP contribution < -0.4 is 21.5 Å². The maximum Gasteiger partial charge on any atom is 0.267 e. The normalized spacial score (nSPS) is 19.2. The molecule has 2 fully saturated rings. The zero-order valence-electron chi connectivity index (χ0n) is 19.1. The van der Waals surface area contributed by atoms with Crippen LogP contribution in [0.5, 0.6) is 0 Å². The number of aromatic nitrogens is 2. The van der Waals surface area contributed by atoms with Crippen LogP contribution in [0.25, 0.3) is 11.7 Å². The summed E-state index contributed by atoms with van der Waals surface area (Å²) < 4.78 is 6.93. The molecule has 4 heterocycles.